The Bertz CT molecular complexity index is 887. The Labute approximate surface area is 106 Å². The minimum absolute atomic E-state index is 0.227. The summed E-state index contributed by atoms with van der Waals surface area (Å²) >= 11 is 0. The molecule has 0 aliphatic rings. The first-order chi connectivity index (χ1) is 9.04. The number of imidazole rings is 1. The molecule has 96 valence electrons. The fraction of sp³-hybridized carbons (Fsp3) is 0.0833. The Morgan fingerprint density at radius 3 is 2.74 bits per heavy atom. The van der Waals surface area contributed by atoms with Gasteiger partial charge in [0.15, 0.2) is 5.65 Å². The van der Waals surface area contributed by atoms with Crippen LogP contribution < -0.4 is 17.0 Å². The molecule has 2 heterocycles. The molecule has 0 aliphatic heterocycles. The number of anilines is 1. The molecule has 19 heavy (non-hydrogen) atoms. The summed E-state index contributed by atoms with van der Waals surface area (Å²) in [6.45, 7) is 1.91. The number of fused-ring (bicyclic) bond motifs is 1. The van der Waals surface area contributed by atoms with E-state index in [-0.39, 0.29) is 11.2 Å². The zero-order chi connectivity index (χ0) is 13.6. The second-order valence-corrected chi connectivity index (χ2v) is 4.29. The molecule has 0 atom stereocenters. The number of nitrogens with two attached hydrogens (primary N) is 1. The van der Waals surface area contributed by atoms with Crippen LogP contribution in [0.25, 0.3) is 22.6 Å². The smallest absolute Gasteiger partial charge is 0.327 e. The minimum atomic E-state index is -0.583. The van der Waals surface area contributed by atoms with Gasteiger partial charge in [0.2, 0.25) is 0 Å². The highest BCUT2D eigenvalue weighted by atomic mass is 16.2. The van der Waals surface area contributed by atoms with Crippen LogP contribution >= 0.6 is 0 Å². The zero-order valence-corrected chi connectivity index (χ0v) is 10.1. The first-order valence-corrected chi connectivity index (χ1v) is 5.63. The van der Waals surface area contributed by atoms with Crippen LogP contribution in [-0.2, 0) is 0 Å². The molecule has 7 heteroatoms. The number of H-pyrrole nitrogens is 3. The van der Waals surface area contributed by atoms with Gasteiger partial charge in [0.05, 0.1) is 0 Å². The Hall–Kier alpha value is -2.83. The van der Waals surface area contributed by atoms with Gasteiger partial charge in [0, 0.05) is 11.3 Å². The van der Waals surface area contributed by atoms with Gasteiger partial charge in [0.25, 0.3) is 5.56 Å². The van der Waals surface area contributed by atoms with E-state index in [1.807, 2.05) is 13.0 Å². The normalized spacial score (nSPS) is 11.0. The Kier molecular flexibility index (Phi) is 2.28. The van der Waals surface area contributed by atoms with Crippen molar-refractivity contribution in [1.82, 2.24) is 19.9 Å². The third kappa shape index (κ3) is 1.81. The first-order valence-electron chi connectivity index (χ1n) is 5.63. The van der Waals surface area contributed by atoms with Gasteiger partial charge in [-0.3, -0.25) is 14.8 Å². The maximum Gasteiger partial charge on any atom is 0.327 e. The monoisotopic (exact) mass is 257 g/mol. The SMILES string of the molecule is Cc1ccc(N)cc1-c1nc2[nH]c(=O)[nH]c(=O)c2[nH]1. The standard InChI is InChI=1S/C12H11N5O2/c1-5-2-3-6(13)4-7(5)9-14-8-10(15-9)16-12(19)17-11(8)18/h2-4H,13H2,1H3,(H3,14,15,16,17,18,19). The van der Waals surface area contributed by atoms with Crippen molar-refractivity contribution in [3.8, 4) is 11.4 Å². The number of nitrogens with one attached hydrogen (secondary N) is 3. The molecular weight excluding hydrogens is 246 g/mol. The van der Waals surface area contributed by atoms with E-state index < -0.39 is 11.2 Å². The predicted molar refractivity (Wildman–Crippen MR) is 71.9 cm³/mol. The second kappa shape index (κ2) is 3.84. The molecule has 3 aromatic rings. The minimum Gasteiger partial charge on any atom is -0.399 e. The van der Waals surface area contributed by atoms with Crippen molar-refractivity contribution >= 4 is 16.9 Å². The fourth-order valence-corrected chi connectivity index (χ4v) is 1.95. The zero-order valence-electron chi connectivity index (χ0n) is 10.1. The van der Waals surface area contributed by atoms with Crippen molar-refractivity contribution in [2.45, 2.75) is 6.92 Å². The van der Waals surface area contributed by atoms with Crippen molar-refractivity contribution < 1.29 is 0 Å². The van der Waals surface area contributed by atoms with Crippen LogP contribution in [0.5, 0.6) is 0 Å². The maximum atomic E-state index is 11.6. The fourth-order valence-electron chi connectivity index (χ4n) is 1.95. The van der Waals surface area contributed by atoms with E-state index in [1.54, 1.807) is 12.1 Å². The number of hydrogen-bond donors (Lipinski definition) is 4. The lowest BCUT2D eigenvalue weighted by atomic mass is 10.1. The number of benzene rings is 1. The molecule has 0 fully saturated rings. The summed E-state index contributed by atoms with van der Waals surface area (Å²) < 4.78 is 0. The summed E-state index contributed by atoms with van der Waals surface area (Å²) in [5.41, 5.74) is 7.48. The molecule has 0 unspecified atom stereocenters. The van der Waals surface area contributed by atoms with Gasteiger partial charge in [-0.1, -0.05) is 6.07 Å². The average molecular weight is 257 g/mol. The van der Waals surface area contributed by atoms with Crippen molar-refractivity contribution in [3.63, 3.8) is 0 Å². The summed E-state index contributed by atoms with van der Waals surface area (Å²) in [5, 5.41) is 0. The molecule has 3 rings (SSSR count). The maximum absolute atomic E-state index is 11.6. The predicted octanol–water partition coefficient (Wildman–Crippen LogP) is 0.497. The van der Waals surface area contributed by atoms with Gasteiger partial charge >= 0.3 is 5.69 Å². The number of aryl methyl sites for hydroxylation is 1. The molecule has 7 nitrogen and oxygen atoms in total. The highest BCUT2D eigenvalue weighted by Gasteiger charge is 2.11. The lowest BCUT2D eigenvalue weighted by Gasteiger charge is -2.03. The van der Waals surface area contributed by atoms with Crippen molar-refractivity contribution in [2.75, 3.05) is 5.73 Å². The third-order valence-corrected chi connectivity index (χ3v) is 2.91. The molecule has 0 radical (unpaired) electrons. The van der Waals surface area contributed by atoms with E-state index in [0.717, 1.165) is 11.1 Å². The number of aromatic amines is 3. The van der Waals surface area contributed by atoms with Crippen LogP contribution in [0, 0.1) is 6.92 Å². The lowest BCUT2D eigenvalue weighted by molar-refractivity contribution is 1.07. The van der Waals surface area contributed by atoms with Crippen LogP contribution in [0.15, 0.2) is 27.8 Å². The van der Waals surface area contributed by atoms with E-state index in [2.05, 4.69) is 19.9 Å². The number of aromatic nitrogens is 4. The lowest BCUT2D eigenvalue weighted by Crippen LogP contribution is -2.21. The van der Waals surface area contributed by atoms with Gasteiger partial charge in [-0.2, -0.15) is 0 Å². The van der Waals surface area contributed by atoms with Crippen molar-refractivity contribution in [3.05, 3.63) is 44.6 Å². The topological polar surface area (TPSA) is 120 Å². The highest BCUT2D eigenvalue weighted by Crippen LogP contribution is 2.23. The number of nitrogen functional groups attached to an aromatic ring is 1. The number of nitrogens with zero attached hydrogens (tertiary/aromatic N) is 1. The highest BCUT2D eigenvalue weighted by molar-refractivity contribution is 5.76. The van der Waals surface area contributed by atoms with Crippen LogP contribution in [-0.4, -0.2) is 19.9 Å². The Morgan fingerprint density at radius 2 is 1.95 bits per heavy atom. The Morgan fingerprint density at radius 1 is 1.16 bits per heavy atom. The molecule has 0 spiro atoms. The summed E-state index contributed by atoms with van der Waals surface area (Å²) in [7, 11) is 0. The van der Waals surface area contributed by atoms with E-state index in [9.17, 15) is 9.59 Å². The first kappa shape index (κ1) is 11.3. The number of hydrogen-bond acceptors (Lipinski definition) is 4. The molecule has 0 aliphatic carbocycles. The Balaban J connectivity index is 2.32. The molecule has 0 bridgehead atoms. The van der Waals surface area contributed by atoms with E-state index in [0.29, 0.717) is 11.5 Å². The van der Waals surface area contributed by atoms with E-state index >= 15 is 0 Å². The summed E-state index contributed by atoms with van der Waals surface area (Å²) in [4.78, 5) is 34.5. The van der Waals surface area contributed by atoms with Crippen LogP contribution in [0.1, 0.15) is 5.56 Å². The number of rotatable bonds is 1. The summed E-state index contributed by atoms with van der Waals surface area (Å²) in [5.74, 6) is 0.493. The largest absolute Gasteiger partial charge is 0.399 e. The van der Waals surface area contributed by atoms with Crippen LogP contribution in [0.2, 0.25) is 0 Å². The van der Waals surface area contributed by atoms with Crippen LogP contribution in [0.3, 0.4) is 0 Å². The van der Waals surface area contributed by atoms with E-state index in [4.69, 9.17) is 5.73 Å². The van der Waals surface area contributed by atoms with Gasteiger partial charge < -0.3 is 10.7 Å². The van der Waals surface area contributed by atoms with Crippen molar-refractivity contribution in [2.24, 2.45) is 0 Å². The van der Waals surface area contributed by atoms with E-state index in [1.165, 1.54) is 0 Å². The van der Waals surface area contributed by atoms with Gasteiger partial charge in [-0.15, -0.1) is 0 Å². The van der Waals surface area contributed by atoms with Gasteiger partial charge in [-0.25, -0.2) is 9.78 Å². The van der Waals surface area contributed by atoms with Gasteiger partial charge in [-0.05, 0) is 24.6 Å². The molecule has 0 amide bonds. The second-order valence-electron chi connectivity index (χ2n) is 4.29. The molecule has 1 aromatic carbocycles. The molecule has 0 saturated carbocycles. The summed E-state index contributed by atoms with van der Waals surface area (Å²) in [6.07, 6.45) is 0. The third-order valence-electron chi connectivity index (χ3n) is 2.91. The molecule has 0 saturated heterocycles. The summed E-state index contributed by atoms with van der Waals surface area (Å²) in [6, 6.07) is 5.42. The van der Waals surface area contributed by atoms with Gasteiger partial charge in [0.1, 0.15) is 11.3 Å². The van der Waals surface area contributed by atoms with Crippen molar-refractivity contribution in [1.29, 1.82) is 0 Å². The van der Waals surface area contributed by atoms with Crippen LogP contribution in [0.4, 0.5) is 5.69 Å². The molecule has 2 aromatic heterocycles. The average Bonchev–Trinajstić information content (AvgIpc) is 2.76. The molecular formula is C12H11N5O2. The molecule has 5 N–H and O–H groups in total. The quantitative estimate of drug-likeness (QED) is 0.474.